The second-order valence-corrected chi connectivity index (χ2v) is 3.43. The number of aliphatic imine (C=N–C) groups is 1. The minimum Gasteiger partial charge on any atom is -0.257 e. The van der Waals surface area contributed by atoms with Gasteiger partial charge in [-0.3, -0.25) is 4.99 Å². The van der Waals surface area contributed by atoms with Gasteiger partial charge in [-0.2, -0.15) is 0 Å². The van der Waals surface area contributed by atoms with Crippen LogP contribution in [0.2, 0.25) is 0 Å². The molecule has 0 aromatic rings. The molecule has 3 heteroatoms. The molecule has 0 aliphatic rings. The summed E-state index contributed by atoms with van der Waals surface area (Å²) in [6.07, 6.45) is 0. The van der Waals surface area contributed by atoms with Crippen LogP contribution in [0.3, 0.4) is 0 Å². The molecule has 0 saturated carbocycles. The van der Waals surface area contributed by atoms with E-state index in [9.17, 15) is 0 Å². The topological polar surface area (TPSA) is 12.4 Å². The normalized spacial score (nSPS) is 11.1. The molecule has 0 amide bonds. The van der Waals surface area contributed by atoms with Crippen molar-refractivity contribution >= 4 is 27.8 Å². The van der Waals surface area contributed by atoms with E-state index in [2.05, 4.69) is 4.99 Å². The Hall–Kier alpha value is 0.250. The van der Waals surface area contributed by atoms with Crippen LogP contribution in [0.5, 0.6) is 0 Å². The predicted octanol–water partition coefficient (Wildman–Crippen LogP) is 2.62. The van der Waals surface area contributed by atoms with Gasteiger partial charge in [-0.1, -0.05) is 0 Å². The zero-order valence-corrected chi connectivity index (χ0v) is 6.72. The van der Waals surface area contributed by atoms with E-state index in [0.29, 0.717) is 0 Å². The van der Waals surface area contributed by atoms with Gasteiger partial charge in [-0.05, 0) is 44.0 Å². The molecule has 1 nitrogen and oxygen atoms in total. The molecule has 0 aliphatic heterocycles. The van der Waals surface area contributed by atoms with Gasteiger partial charge >= 0.3 is 0 Å². The molecule has 0 bridgehead atoms. The zero-order valence-electron chi connectivity index (χ0n) is 5.20. The highest BCUT2D eigenvalue weighted by molar-refractivity contribution is 6.95. The largest absolute Gasteiger partial charge is 0.257 e. The Bertz CT molecular complexity index is 97.5. The van der Waals surface area contributed by atoms with Gasteiger partial charge in [0.15, 0.2) is 4.63 Å². The molecule has 48 valence electrons. The van der Waals surface area contributed by atoms with Crippen LogP contribution < -0.4 is 0 Å². The summed E-state index contributed by atoms with van der Waals surface area (Å²) in [5.41, 5.74) is -0.154. The number of hydrogen-bond donors (Lipinski definition) is 0. The minimum absolute atomic E-state index is 0.0949. The molecule has 8 heavy (non-hydrogen) atoms. The SMILES string of the molecule is CC(C)(C)N=C(Cl)Cl. The van der Waals surface area contributed by atoms with Gasteiger partial charge in [0.1, 0.15) is 0 Å². The van der Waals surface area contributed by atoms with E-state index in [-0.39, 0.29) is 10.2 Å². The van der Waals surface area contributed by atoms with Crippen LogP contribution in [0.1, 0.15) is 20.8 Å². The van der Waals surface area contributed by atoms with Gasteiger partial charge in [0.2, 0.25) is 0 Å². The number of hydrogen-bond acceptors (Lipinski definition) is 1. The molecule has 0 aromatic carbocycles. The maximum atomic E-state index is 5.28. The maximum absolute atomic E-state index is 5.28. The average molecular weight is 154 g/mol. The highest BCUT2D eigenvalue weighted by atomic mass is 35.5. The molecule has 0 radical (unpaired) electrons. The van der Waals surface area contributed by atoms with Gasteiger partial charge in [0.25, 0.3) is 0 Å². The Morgan fingerprint density at radius 1 is 1.25 bits per heavy atom. The van der Waals surface area contributed by atoms with Crippen molar-refractivity contribution in [1.29, 1.82) is 0 Å². The number of halogens is 2. The van der Waals surface area contributed by atoms with Crippen molar-refractivity contribution in [3.63, 3.8) is 0 Å². The first kappa shape index (κ1) is 8.25. The fourth-order valence-electron chi connectivity index (χ4n) is 0.254. The Morgan fingerprint density at radius 2 is 1.62 bits per heavy atom. The second-order valence-electron chi connectivity index (χ2n) is 2.52. The predicted molar refractivity (Wildman–Crippen MR) is 38.9 cm³/mol. The summed E-state index contributed by atoms with van der Waals surface area (Å²) in [7, 11) is 0. The summed E-state index contributed by atoms with van der Waals surface area (Å²) in [5.74, 6) is 0. The Labute approximate surface area is 59.7 Å². The van der Waals surface area contributed by atoms with Crippen LogP contribution >= 0.6 is 23.2 Å². The maximum Gasteiger partial charge on any atom is 0.192 e. The average Bonchev–Trinajstić information content (AvgIpc) is 1.21. The lowest BCUT2D eigenvalue weighted by molar-refractivity contribution is 0.587. The molecule has 0 atom stereocenters. The zero-order chi connectivity index (χ0) is 6.78. The Balaban J connectivity index is 3.89. The van der Waals surface area contributed by atoms with Gasteiger partial charge in [-0.15, -0.1) is 0 Å². The highest BCUT2D eigenvalue weighted by Crippen LogP contribution is 2.09. The minimum atomic E-state index is -0.154. The summed E-state index contributed by atoms with van der Waals surface area (Å²) in [4.78, 5) is 3.86. The van der Waals surface area contributed by atoms with E-state index in [4.69, 9.17) is 23.2 Å². The standard InChI is InChI=1S/C5H9Cl2N/c1-5(2,3)8-4(6)7/h1-3H3. The first-order chi connectivity index (χ1) is 3.42. The lowest BCUT2D eigenvalue weighted by Gasteiger charge is -2.09. The summed E-state index contributed by atoms with van der Waals surface area (Å²) in [6, 6.07) is 0. The molecule has 0 aliphatic carbocycles. The molecular weight excluding hydrogens is 145 g/mol. The molecule has 0 fully saturated rings. The molecule has 0 saturated heterocycles. The van der Waals surface area contributed by atoms with E-state index >= 15 is 0 Å². The van der Waals surface area contributed by atoms with Crippen molar-refractivity contribution < 1.29 is 0 Å². The third-order valence-electron chi connectivity index (χ3n) is 0.420. The van der Waals surface area contributed by atoms with Crippen molar-refractivity contribution in [3.05, 3.63) is 0 Å². The first-order valence-corrected chi connectivity index (χ1v) is 3.08. The van der Waals surface area contributed by atoms with E-state index in [1.54, 1.807) is 0 Å². The van der Waals surface area contributed by atoms with Gasteiger partial charge in [0, 0.05) is 0 Å². The molecule has 0 unspecified atom stereocenters. The molecule has 0 heterocycles. The van der Waals surface area contributed by atoms with E-state index in [1.165, 1.54) is 0 Å². The lowest BCUT2D eigenvalue weighted by atomic mass is 10.1. The molecule has 0 aromatic heterocycles. The van der Waals surface area contributed by atoms with Gasteiger partial charge in [0.05, 0.1) is 5.54 Å². The molecular formula is C5H9Cl2N. The Morgan fingerprint density at radius 3 is 1.62 bits per heavy atom. The second kappa shape index (κ2) is 2.70. The van der Waals surface area contributed by atoms with Crippen LogP contribution in [0.25, 0.3) is 0 Å². The van der Waals surface area contributed by atoms with Crippen molar-refractivity contribution in [2.24, 2.45) is 4.99 Å². The van der Waals surface area contributed by atoms with E-state index < -0.39 is 0 Å². The first-order valence-electron chi connectivity index (χ1n) is 2.33. The molecule has 0 N–H and O–H groups in total. The van der Waals surface area contributed by atoms with Crippen LogP contribution in [-0.2, 0) is 0 Å². The van der Waals surface area contributed by atoms with Crippen LogP contribution in [0.15, 0.2) is 4.99 Å². The highest BCUT2D eigenvalue weighted by Gasteiger charge is 2.06. The van der Waals surface area contributed by atoms with Crippen molar-refractivity contribution in [2.75, 3.05) is 0 Å². The number of nitrogens with zero attached hydrogens (tertiary/aromatic N) is 1. The smallest absolute Gasteiger partial charge is 0.192 e. The fraction of sp³-hybridized carbons (Fsp3) is 0.800. The molecule has 0 spiro atoms. The summed E-state index contributed by atoms with van der Waals surface area (Å²) >= 11 is 10.6. The van der Waals surface area contributed by atoms with Crippen LogP contribution in [0, 0.1) is 0 Å². The lowest BCUT2D eigenvalue weighted by Crippen LogP contribution is -2.09. The summed E-state index contributed by atoms with van der Waals surface area (Å²) in [6.45, 7) is 5.78. The summed E-state index contributed by atoms with van der Waals surface area (Å²) < 4.78 is 0.0949. The Kier molecular flexibility index (Phi) is 2.78. The van der Waals surface area contributed by atoms with Gasteiger partial charge in [-0.25, -0.2) is 0 Å². The van der Waals surface area contributed by atoms with Gasteiger partial charge < -0.3 is 0 Å². The van der Waals surface area contributed by atoms with Crippen molar-refractivity contribution in [2.45, 2.75) is 26.3 Å². The van der Waals surface area contributed by atoms with E-state index in [1.807, 2.05) is 20.8 Å². The monoisotopic (exact) mass is 153 g/mol. The van der Waals surface area contributed by atoms with E-state index in [0.717, 1.165) is 0 Å². The molecule has 0 rings (SSSR count). The number of rotatable bonds is 0. The van der Waals surface area contributed by atoms with Crippen LogP contribution in [-0.4, -0.2) is 10.2 Å². The summed E-state index contributed by atoms with van der Waals surface area (Å²) in [5, 5.41) is 0. The fourth-order valence-corrected chi connectivity index (χ4v) is 0.761. The van der Waals surface area contributed by atoms with Crippen molar-refractivity contribution in [3.8, 4) is 0 Å². The third-order valence-corrected chi connectivity index (χ3v) is 0.589. The third kappa shape index (κ3) is 6.25. The quantitative estimate of drug-likeness (QED) is 0.475. The van der Waals surface area contributed by atoms with Crippen molar-refractivity contribution in [1.82, 2.24) is 0 Å². The van der Waals surface area contributed by atoms with Crippen LogP contribution in [0.4, 0.5) is 0 Å².